The van der Waals surface area contributed by atoms with E-state index in [1.807, 2.05) is 0 Å². The number of hydrogen-bond acceptors (Lipinski definition) is 2. The Morgan fingerprint density at radius 2 is 1.94 bits per heavy atom. The summed E-state index contributed by atoms with van der Waals surface area (Å²) in [6.07, 6.45) is 2.25. The van der Waals surface area contributed by atoms with Crippen molar-refractivity contribution in [3.63, 3.8) is 0 Å². The molecule has 2 rings (SSSR count). The fraction of sp³-hybridized carbons (Fsp3) is 0.571. The Hall–Kier alpha value is -0.860. The van der Waals surface area contributed by atoms with E-state index in [1.54, 1.807) is 0 Å². The number of aliphatic hydroxyl groups is 1. The van der Waals surface area contributed by atoms with E-state index in [9.17, 15) is 0 Å². The summed E-state index contributed by atoms with van der Waals surface area (Å²) in [6.45, 7) is 5.72. The maximum atomic E-state index is 9.09. The Kier molecular flexibility index (Phi) is 3.97. The monoisotopic (exact) mass is 219 g/mol. The van der Waals surface area contributed by atoms with Crippen molar-refractivity contribution in [2.24, 2.45) is 5.92 Å². The van der Waals surface area contributed by atoms with Crippen LogP contribution in [0.3, 0.4) is 0 Å². The highest BCUT2D eigenvalue weighted by molar-refractivity contribution is 5.22. The Labute approximate surface area is 97.9 Å². The largest absolute Gasteiger partial charge is 0.396 e. The van der Waals surface area contributed by atoms with Gasteiger partial charge in [0, 0.05) is 19.7 Å². The molecule has 1 fully saturated rings. The minimum atomic E-state index is 0.339. The lowest BCUT2D eigenvalue weighted by Gasteiger charge is -2.15. The molecule has 0 saturated carbocycles. The van der Waals surface area contributed by atoms with Crippen LogP contribution in [0.5, 0.6) is 0 Å². The number of benzene rings is 1. The summed E-state index contributed by atoms with van der Waals surface area (Å²) < 4.78 is 0. The molecule has 1 aliphatic rings. The van der Waals surface area contributed by atoms with Gasteiger partial charge < -0.3 is 5.11 Å². The van der Waals surface area contributed by atoms with Crippen LogP contribution in [-0.2, 0) is 13.0 Å². The Morgan fingerprint density at radius 1 is 1.25 bits per heavy atom. The third kappa shape index (κ3) is 2.83. The van der Waals surface area contributed by atoms with Gasteiger partial charge in [-0.15, -0.1) is 0 Å². The first kappa shape index (κ1) is 11.6. The molecule has 1 heterocycles. The minimum Gasteiger partial charge on any atom is -0.396 e. The molecule has 0 radical (unpaired) electrons. The van der Waals surface area contributed by atoms with Crippen LogP contribution in [0.4, 0.5) is 0 Å². The molecule has 0 bridgehead atoms. The van der Waals surface area contributed by atoms with E-state index in [4.69, 9.17) is 5.11 Å². The number of rotatable bonds is 4. The number of hydrogen-bond donors (Lipinski definition) is 1. The summed E-state index contributed by atoms with van der Waals surface area (Å²) in [4.78, 5) is 2.43. The summed E-state index contributed by atoms with van der Waals surface area (Å²) in [5.41, 5.74) is 2.79. The standard InChI is InChI=1S/C14H21NO/c1-2-12-3-5-13(6-4-12)9-15-8-7-14(10-15)11-16/h3-6,14,16H,2,7-11H2,1H3/t14-/m1/s1. The van der Waals surface area contributed by atoms with Crippen molar-refractivity contribution in [2.75, 3.05) is 19.7 Å². The Balaban J connectivity index is 1.89. The van der Waals surface area contributed by atoms with Gasteiger partial charge in [0.1, 0.15) is 0 Å². The molecular formula is C14H21NO. The van der Waals surface area contributed by atoms with Crippen LogP contribution in [0.15, 0.2) is 24.3 Å². The SMILES string of the molecule is CCc1ccc(CN2CC[C@@H](CO)C2)cc1. The van der Waals surface area contributed by atoms with E-state index in [1.165, 1.54) is 11.1 Å². The molecule has 2 nitrogen and oxygen atoms in total. The van der Waals surface area contributed by atoms with E-state index < -0.39 is 0 Å². The molecule has 1 N–H and O–H groups in total. The van der Waals surface area contributed by atoms with Crippen LogP contribution >= 0.6 is 0 Å². The maximum absolute atomic E-state index is 9.09. The fourth-order valence-electron chi connectivity index (χ4n) is 2.34. The quantitative estimate of drug-likeness (QED) is 0.838. The molecule has 0 unspecified atom stereocenters. The predicted octanol–water partition coefficient (Wildman–Crippen LogP) is 2.06. The van der Waals surface area contributed by atoms with Gasteiger partial charge in [0.15, 0.2) is 0 Å². The zero-order chi connectivity index (χ0) is 11.4. The fourth-order valence-corrected chi connectivity index (χ4v) is 2.34. The summed E-state index contributed by atoms with van der Waals surface area (Å²) in [5.74, 6) is 0.495. The molecule has 0 aliphatic carbocycles. The smallest absolute Gasteiger partial charge is 0.0471 e. The van der Waals surface area contributed by atoms with E-state index in [0.717, 1.165) is 32.5 Å². The summed E-state index contributed by atoms with van der Waals surface area (Å²) in [7, 11) is 0. The first-order chi connectivity index (χ1) is 7.81. The highest BCUT2D eigenvalue weighted by Gasteiger charge is 2.21. The van der Waals surface area contributed by atoms with Crippen molar-refractivity contribution >= 4 is 0 Å². The molecular weight excluding hydrogens is 198 g/mol. The van der Waals surface area contributed by atoms with Gasteiger partial charge in [0.2, 0.25) is 0 Å². The second kappa shape index (κ2) is 5.46. The molecule has 1 aliphatic heterocycles. The maximum Gasteiger partial charge on any atom is 0.0471 e. The minimum absolute atomic E-state index is 0.339. The van der Waals surface area contributed by atoms with Crippen LogP contribution < -0.4 is 0 Å². The van der Waals surface area contributed by atoms with Crippen LogP contribution in [0.1, 0.15) is 24.5 Å². The predicted molar refractivity (Wildman–Crippen MR) is 66.3 cm³/mol. The molecule has 88 valence electrons. The third-order valence-corrected chi connectivity index (χ3v) is 3.47. The molecule has 0 amide bonds. The van der Waals surface area contributed by atoms with E-state index in [0.29, 0.717) is 12.5 Å². The van der Waals surface area contributed by atoms with Gasteiger partial charge in [-0.2, -0.15) is 0 Å². The molecule has 1 aromatic rings. The number of aliphatic hydroxyl groups excluding tert-OH is 1. The average molecular weight is 219 g/mol. The van der Waals surface area contributed by atoms with Crippen molar-refractivity contribution < 1.29 is 5.11 Å². The van der Waals surface area contributed by atoms with Gasteiger partial charge in [0.25, 0.3) is 0 Å². The van der Waals surface area contributed by atoms with Gasteiger partial charge >= 0.3 is 0 Å². The van der Waals surface area contributed by atoms with Gasteiger partial charge in [-0.05, 0) is 36.4 Å². The highest BCUT2D eigenvalue weighted by atomic mass is 16.3. The molecule has 2 heteroatoms. The molecule has 0 aromatic heterocycles. The van der Waals surface area contributed by atoms with Crippen molar-refractivity contribution in [1.29, 1.82) is 0 Å². The zero-order valence-corrected chi connectivity index (χ0v) is 10.0. The Bertz CT molecular complexity index is 320. The van der Waals surface area contributed by atoms with Crippen LogP contribution in [0.25, 0.3) is 0 Å². The first-order valence-corrected chi connectivity index (χ1v) is 6.23. The summed E-state index contributed by atoms with van der Waals surface area (Å²) in [6, 6.07) is 8.89. The lowest BCUT2D eigenvalue weighted by molar-refractivity contribution is 0.220. The second-order valence-corrected chi connectivity index (χ2v) is 4.74. The highest BCUT2D eigenvalue weighted by Crippen LogP contribution is 2.18. The van der Waals surface area contributed by atoms with Crippen molar-refractivity contribution in [3.8, 4) is 0 Å². The van der Waals surface area contributed by atoms with Crippen molar-refractivity contribution in [2.45, 2.75) is 26.3 Å². The molecule has 1 aromatic carbocycles. The van der Waals surface area contributed by atoms with Gasteiger partial charge in [-0.3, -0.25) is 4.90 Å². The van der Waals surface area contributed by atoms with Crippen molar-refractivity contribution in [1.82, 2.24) is 4.90 Å². The van der Waals surface area contributed by atoms with Gasteiger partial charge in [0.05, 0.1) is 0 Å². The van der Waals surface area contributed by atoms with Crippen LogP contribution in [-0.4, -0.2) is 29.7 Å². The van der Waals surface area contributed by atoms with E-state index in [-0.39, 0.29) is 0 Å². The number of nitrogens with zero attached hydrogens (tertiary/aromatic N) is 1. The summed E-state index contributed by atoms with van der Waals surface area (Å²) >= 11 is 0. The average Bonchev–Trinajstić information content (AvgIpc) is 2.78. The number of likely N-dealkylation sites (tertiary alicyclic amines) is 1. The van der Waals surface area contributed by atoms with E-state index >= 15 is 0 Å². The third-order valence-electron chi connectivity index (χ3n) is 3.47. The van der Waals surface area contributed by atoms with Crippen LogP contribution in [0.2, 0.25) is 0 Å². The lowest BCUT2D eigenvalue weighted by atomic mass is 10.1. The molecule has 16 heavy (non-hydrogen) atoms. The van der Waals surface area contributed by atoms with Crippen molar-refractivity contribution in [3.05, 3.63) is 35.4 Å². The molecule has 1 saturated heterocycles. The second-order valence-electron chi connectivity index (χ2n) is 4.74. The lowest BCUT2D eigenvalue weighted by Crippen LogP contribution is -2.20. The first-order valence-electron chi connectivity index (χ1n) is 6.23. The van der Waals surface area contributed by atoms with Gasteiger partial charge in [-0.1, -0.05) is 31.2 Å². The normalized spacial score (nSPS) is 21.5. The molecule has 0 spiro atoms. The van der Waals surface area contributed by atoms with Gasteiger partial charge in [-0.25, -0.2) is 0 Å². The van der Waals surface area contributed by atoms with E-state index in [2.05, 4.69) is 36.1 Å². The number of aryl methyl sites for hydroxylation is 1. The Morgan fingerprint density at radius 3 is 2.50 bits per heavy atom. The zero-order valence-electron chi connectivity index (χ0n) is 10.0. The molecule has 1 atom stereocenters. The topological polar surface area (TPSA) is 23.5 Å². The van der Waals surface area contributed by atoms with Crippen LogP contribution in [0, 0.1) is 5.92 Å². The summed E-state index contributed by atoms with van der Waals surface area (Å²) in [5, 5.41) is 9.09.